The topological polar surface area (TPSA) is 63.8 Å². The van der Waals surface area contributed by atoms with Gasteiger partial charge in [0.15, 0.2) is 11.0 Å². The van der Waals surface area contributed by atoms with Gasteiger partial charge in [-0.2, -0.15) is 0 Å². The summed E-state index contributed by atoms with van der Waals surface area (Å²) in [5, 5.41) is 7.98. The average molecular weight is 187 g/mol. The number of rotatable bonds is 2. The third kappa shape index (κ3) is 1.49. The Balaban J connectivity index is 3.25. The van der Waals surface area contributed by atoms with E-state index in [0.717, 1.165) is 17.5 Å². The molecule has 0 radical (unpaired) electrons. The highest BCUT2D eigenvalue weighted by atomic mass is 35.5. The van der Waals surface area contributed by atoms with Crippen LogP contribution in [-0.2, 0) is 6.42 Å². The normalized spacial score (nSPS) is 10.0. The second-order valence-corrected chi connectivity index (χ2v) is 2.80. The fourth-order valence-corrected chi connectivity index (χ4v) is 1.23. The van der Waals surface area contributed by atoms with E-state index in [-0.39, 0.29) is 0 Å². The molecule has 0 unspecified atom stereocenters. The van der Waals surface area contributed by atoms with Gasteiger partial charge in [0.1, 0.15) is 0 Å². The van der Waals surface area contributed by atoms with Gasteiger partial charge >= 0.3 is 0 Å². The maximum Gasteiger partial charge on any atom is 0.166 e. The zero-order valence-electron chi connectivity index (χ0n) is 7.06. The van der Waals surface area contributed by atoms with Crippen LogP contribution in [0.3, 0.4) is 0 Å². The van der Waals surface area contributed by atoms with Gasteiger partial charge in [0.2, 0.25) is 0 Å². The molecule has 0 spiro atoms. The van der Waals surface area contributed by atoms with E-state index < -0.39 is 0 Å². The highest BCUT2D eigenvalue weighted by Gasteiger charge is 2.08. The van der Waals surface area contributed by atoms with Gasteiger partial charge in [-0.05, 0) is 18.9 Å². The SMILES string of the molecule is CCc1c(NN)nnc(Cl)c1C. The van der Waals surface area contributed by atoms with Crippen LogP contribution in [-0.4, -0.2) is 10.2 Å². The third-order valence-corrected chi connectivity index (χ3v) is 2.14. The summed E-state index contributed by atoms with van der Waals surface area (Å²) < 4.78 is 0. The summed E-state index contributed by atoms with van der Waals surface area (Å²) in [5.74, 6) is 5.85. The summed E-state index contributed by atoms with van der Waals surface area (Å²) in [6.45, 7) is 3.91. The summed E-state index contributed by atoms with van der Waals surface area (Å²) in [4.78, 5) is 0. The fourth-order valence-electron chi connectivity index (χ4n) is 1.08. The van der Waals surface area contributed by atoms with Gasteiger partial charge in [-0.1, -0.05) is 18.5 Å². The summed E-state index contributed by atoms with van der Waals surface area (Å²) in [5.41, 5.74) is 4.43. The number of hydrogen-bond donors (Lipinski definition) is 2. The number of nitrogen functional groups attached to an aromatic ring is 1. The molecule has 0 aliphatic carbocycles. The molecule has 0 aliphatic rings. The molecule has 4 nitrogen and oxygen atoms in total. The van der Waals surface area contributed by atoms with E-state index in [1.165, 1.54) is 0 Å². The molecule has 0 bridgehead atoms. The number of halogens is 1. The maximum absolute atomic E-state index is 5.78. The van der Waals surface area contributed by atoms with Crippen molar-refractivity contribution in [3.8, 4) is 0 Å². The maximum atomic E-state index is 5.78. The molecule has 1 rings (SSSR count). The number of nitrogens with one attached hydrogen (secondary N) is 1. The van der Waals surface area contributed by atoms with Crippen molar-refractivity contribution in [2.24, 2.45) is 5.84 Å². The molecule has 12 heavy (non-hydrogen) atoms. The van der Waals surface area contributed by atoms with Crippen LogP contribution < -0.4 is 11.3 Å². The zero-order chi connectivity index (χ0) is 9.14. The number of nitrogens with two attached hydrogens (primary N) is 1. The van der Waals surface area contributed by atoms with Crippen molar-refractivity contribution in [1.29, 1.82) is 0 Å². The second kappa shape index (κ2) is 3.69. The van der Waals surface area contributed by atoms with Crippen molar-refractivity contribution in [2.75, 3.05) is 5.43 Å². The van der Waals surface area contributed by atoms with Crippen molar-refractivity contribution in [1.82, 2.24) is 10.2 Å². The van der Waals surface area contributed by atoms with Gasteiger partial charge < -0.3 is 5.43 Å². The van der Waals surface area contributed by atoms with Gasteiger partial charge in [-0.25, -0.2) is 5.84 Å². The van der Waals surface area contributed by atoms with E-state index in [4.69, 9.17) is 17.4 Å². The summed E-state index contributed by atoms with van der Waals surface area (Å²) in [7, 11) is 0. The van der Waals surface area contributed by atoms with Gasteiger partial charge in [0.05, 0.1) is 0 Å². The minimum atomic E-state index is 0.436. The Labute approximate surface area is 76.1 Å². The minimum absolute atomic E-state index is 0.436. The molecule has 0 aliphatic heterocycles. The molecule has 5 heteroatoms. The second-order valence-electron chi connectivity index (χ2n) is 2.44. The Hall–Kier alpha value is -0.870. The molecule has 0 amide bonds. The first-order chi connectivity index (χ1) is 5.70. The Bertz CT molecular complexity index is 287. The standard InChI is InChI=1S/C7H11ClN4/c1-3-5-4(2)6(8)11-12-7(5)10-9/h3,9H2,1-2H3,(H,10,12). The van der Waals surface area contributed by atoms with Crippen LogP contribution in [0.1, 0.15) is 18.1 Å². The molecule has 0 saturated heterocycles. The van der Waals surface area contributed by atoms with Crippen molar-refractivity contribution >= 4 is 17.4 Å². The van der Waals surface area contributed by atoms with Crippen molar-refractivity contribution < 1.29 is 0 Å². The van der Waals surface area contributed by atoms with E-state index in [0.29, 0.717) is 11.0 Å². The lowest BCUT2D eigenvalue weighted by Gasteiger charge is -2.08. The first-order valence-corrected chi connectivity index (χ1v) is 4.06. The van der Waals surface area contributed by atoms with Crippen LogP contribution >= 0.6 is 11.6 Å². The molecule has 1 aromatic heterocycles. The number of anilines is 1. The van der Waals surface area contributed by atoms with Crippen LogP contribution in [0.2, 0.25) is 5.15 Å². The van der Waals surface area contributed by atoms with Crippen molar-refractivity contribution in [3.05, 3.63) is 16.3 Å². The van der Waals surface area contributed by atoms with Crippen molar-refractivity contribution in [3.63, 3.8) is 0 Å². The van der Waals surface area contributed by atoms with E-state index in [9.17, 15) is 0 Å². The minimum Gasteiger partial charge on any atom is -0.307 e. The smallest absolute Gasteiger partial charge is 0.166 e. The largest absolute Gasteiger partial charge is 0.307 e. The lowest BCUT2D eigenvalue weighted by Crippen LogP contribution is -2.13. The zero-order valence-corrected chi connectivity index (χ0v) is 7.81. The molecule has 1 heterocycles. The van der Waals surface area contributed by atoms with Crippen LogP contribution in [0.5, 0.6) is 0 Å². The quantitative estimate of drug-likeness (QED) is 0.540. The van der Waals surface area contributed by atoms with Gasteiger partial charge in [-0.15, -0.1) is 10.2 Å². The van der Waals surface area contributed by atoms with Crippen LogP contribution in [0.4, 0.5) is 5.82 Å². The van der Waals surface area contributed by atoms with E-state index in [1.807, 2.05) is 13.8 Å². The Morgan fingerprint density at radius 1 is 1.50 bits per heavy atom. The van der Waals surface area contributed by atoms with E-state index in [1.54, 1.807) is 0 Å². The average Bonchev–Trinajstić information content (AvgIpc) is 2.09. The molecule has 66 valence electrons. The lowest BCUT2D eigenvalue weighted by atomic mass is 10.1. The molecule has 3 N–H and O–H groups in total. The summed E-state index contributed by atoms with van der Waals surface area (Å²) in [6, 6.07) is 0. The van der Waals surface area contributed by atoms with E-state index >= 15 is 0 Å². The van der Waals surface area contributed by atoms with Crippen LogP contribution in [0.15, 0.2) is 0 Å². The van der Waals surface area contributed by atoms with E-state index in [2.05, 4.69) is 15.6 Å². The van der Waals surface area contributed by atoms with Gasteiger partial charge in [0, 0.05) is 5.56 Å². The molecule has 0 fully saturated rings. The van der Waals surface area contributed by atoms with Crippen LogP contribution in [0, 0.1) is 6.92 Å². The highest BCUT2D eigenvalue weighted by molar-refractivity contribution is 6.30. The molecule has 0 saturated carbocycles. The molecule has 1 aromatic rings. The first kappa shape index (κ1) is 9.22. The Kier molecular flexibility index (Phi) is 2.83. The van der Waals surface area contributed by atoms with Crippen LogP contribution in [0.25, 0.3) is 0 Å². The van der Waals surface area contributed by atoms with Gasteiger partial charge in [-0.3, -0.25) is 0 Å². The fraction of sp³-hybridized carbons (Fsp3) is 0.429. The number of hydrazine groups is 1. The highest BCUT2D eigenvalue weighted by Crippen LogP contribution is 2.21. The van der Waals surface area contributed by atoms with Crippen molar-refractivity contribution in [2.45, 2.75) is 20.3 Å². The number of aromatic nitrogens is 2. The monoisotopic (exact) mass is 186 g/mol. The third-order valence-electron chi connectivity index (χ3n) is 1.78. The Morgan fingerprint density at radius 3 is 2.67 bits per heavy atom. The molecule has 0 aromatic carbocycles. The predicted molar refractivity (Wildman–Crippen MR) is 49.0 cm³/mol. The number of hydrogen-bond acceptors (Lipinski definition) is 4. The first-order valence-electron chi connectivity index (χ1n) is 3.69. The molecular formula is C7H11ClN4. The lowest BCUT2D eigenvalue weighted by molar-refractivity contribution is 0.956. The molecule has 0 atom stereocenters. The number of nitrogens with zero attached hydrogens (tertiary/aromatic N) is 2. The Morgan fingerprint density at radius 2 is 2.17 bits per heavy atom. The molecular weight excluding hydrogens is 176 g/mol. The predicted octanol–water partition coefficient (Wildman–Crippen LogP) is 1.29. The summed E-state index contributed by atoms with van der Waals surface area (Å²) >= 11 is 5.78. The van der Waals surface area contributed by atoms with Gasteiger partial charge in [0.25, 0.3) is 0 Å². The summed E-state index contributed by atoms with van der Waals surface area (Å²) in [6.07, 6.45) is 0.834.